The van der Waals surface area contributed by atoms with Gasteiger partial charge in [-0.1, -0.05) is 26.8 Å². The lowest BCUT2D eigenvalue weighted by Gasteiger charge is -2.58. The first-order valence-corrected chi connectivity index (χ1v) is 9.51. The molecule has 1 saturated carbocycles. The predicted molar refractivity (Wildman–Crippen MR) is 93.9 cm³/mol. The summed E-state index contributed by atoms with van der Waals surface area (Å²) in [4.78, 5) is 11.6. The fourth-order valence-corrected chi connectivity index (χ4v) is 5.68. The van der Waals surface area contributed by atoms with E-state index in [1.807, 2.05) is 0 Å². The van der Waals surface area contributed by atoms with E-state index < -0.39 is 24.4 Å². The number of hydrogen-bond donors (Lipinski definition) is 3. The molecule has 0 amide bonds. The van der Waals surface area contributed by atoms with E-state index in [0.717, 1.165) is 37.5 Å². The molecule has 1 heterocycles. The molecule has 142 valence electrons. The third kappa shape index (κ3) is 2.80. The number of fused-ring (bicyclic) bond motifs is 1. The lowest BCUT2D eigenvalue weighted by atomic mass is 9.46. The molecule has 1 saturated heterocycles. The standard InChI is InChI=1S/C20H32O5/c1-13-7-8-18(2)14(10-21)5-4-6-15(18)19(13,3)9-16(23)20(12-25-20)17(24)11-22/h5,10,13,15-17,22-24H,4,6-9,11-12H2,1-3H3. The van der Waals surface area contributed by atoms with Gasteiger partial charge in [0.05, 0.1) is 19.3 Å². The van der Waals surface area contributed by atoms with Gasteiger partial charge in [-0.2, -0.15) is 0 Å². The van der Waals surface area contributed by atoms with Gasteiger partial charge in [0.2, 0.25) is 0 Å². The van der Waals surface area contributed by atoms with Gasteiger partial charge in [-0.05, 0) is 60.3 Å². The number of rotatable bonds is 6. The van der Waals surface area contributed by atoms with Crippen molar-refractivity contribution in [2.24, 2.45) is 22.7 Å². The Bertz CT molecular complexity index is 554. The average molecular weight is 352 g/mol. The predicted octanol–water partition coefficient (Wildman–Crippen LogP) is 1.84. The fraction of sp³-hybridized carbons (Fsp3) is 0.850. The minimum absolute atomic E-state index is 0.145. The SMILES string of the molecule is CC1CCC2(C)C(C=O)=CCCC2C1(C)CC(O)C1(C(O)CO)CO1. The normalized spacial score (nSPS) is 45.9. The third-order valence-corrected chi connectivity index (χ3v) is 7.81. The fourth-order valence-electron chi connectivity index (χ4n) is 5.68. The molecule has 7 atom stereocenters. The monoisotopic (exact) mass is 352 g/mol. The topological polar surface area (TPSA) is 90.3 Å². The van der Waals surface area contributed by atoms with Crippen LogP contribution in [0.25, 0.3) is 0 Å². The first kappa shape index (κ1) is 19.0. The van der Waals surface area contributed by atoms with Gasteiger partial charge in [0.15, 0.2) is 0 Å². The molecule has 5 heteroatoms. The molecule has 0 spiro atoms. The molecule has 5 nitrogen and oxygen atoms in total. The zero-order valence-electron chi connectivity index (χ0n) is 15.6. The summed E-state index contributed by atoms with van der Waals surface area (Å²) < 4.78 is 5.41. The number of ether oxygens (including phenoxy) is 1. The first-order chi connectivity index (χ1) is 11.7. The minimum Gasteiger partial charge on any atom is -0.394 e. The Morgan fingerprint density at radius 2 is 2.00 bits per heavy atom. The highest BCUT2D eigenvalue weighted by Gasteiger charge is 2.61. The van der Waals surface area contributed by atoms with Gasteiger partial charge in [-0.15, -0.1) is 0 Å². The number of aliphatic hydroxyl groups is 3. The van der Waals surface area contributed by atoms with E-state index in [4.69, 9.17) is 4.74 Å². The van der Waals surface area contributed by atoms with Gasteiger partial charge in [-0.25, -0.2) is 0 Å². The third-order valence-electron chi connectivity index (χ3n) is 7.81. The molecule has 2 aliphatic carbocycles. The van der Waals surface area contributed by atoms with Crippen LogP contribution in [-0.4, -0.2) is 52.6 Å². The molecule has 3 rings (SSSR count). The van der Waals surface area contributed by atoms with Crippen molar-refractivity contribution in [3.63, 3.8) is 0 Å². The van der Waals surface area contributed by atoms with Gasteiger partial charge in [0.1, 0.15) is 18.0 Å². The maximum absolute atomic E-state index is 11.6. The highest BCUT2D eigenvalue weighted by molar-refractivity contribution is 5.76. The number of carbonyl (C=O) groups excluding carboxylic acids is 1. The highest BCUT2D eigenvalue weighted by Crippen LogP contribution is 2.62. The van der Waals surface area contributed by atoms with Crippen LogP contribution >= 0.6 is 0 Å². The van der Waals surface area contributed by atoms with Crippen LogP contribution in [0.15, 0.2) is 11.6 Å². The van der Waals surface area contributed by atoms with Gasteiger partial charge >= 0.3 is 0 Å². The van der Waals surface area contributed by atoms with E-state index in [-0.39, 0.29) is 17.4 Å². The molecule has 0 bridgehead atoms. The van der Waals surface area contributed by atoms with Crippen LogP contribution in [0.3, 0.4) is 0 Å². The number of aldehydes is 1. The Hall–Kier alpha value is -0.750. The second-order valence-electron chi connectivity index (χ2n) is 8.93. The summed E-state index contributed by atoms with van der Waals surface area (Å²) in [6.45, 7) is 6.51. The van der Waals surface area contributed by atoms with Gasteiger partial charge in [0, 0.05) is 0 Å². The van der Waals surface area contributed by atoms with Crippen LogP contribution in [0.1, 0.15) is 52.9 Å². The van der Waals surface area contributed by atoms with Crippen molar-refractivity contribution in [3.05, 3.63) is 11.6 Å². The van der Waals surface area contributed by atoms with Crippen molar-refractivity contribution in [1.82, 2.24) is 0 Å². The summed E-state index contributed by atoms with van der Waals surface area (Å²) in [5.41, 5.74) is -0.412. The molecule has 1 aliphatic heterocycles. The number of epoxide rings is 1. The van der Waals surface area contributed by atoms with Crippen molar-refractivity contribution in [3.8, 4) is 0 Å². The van der Waals surface area contributed by atoms with Crippen LogP contribution < -0.4 is 0 Å². The summed E-state index contributed by atoms with van der Waals surface area (Å²) in [6, 6.07) is 0. The van der Waals surface area contributed by atoms with Crippen LogP contribution in [0.2, 0.25) is 0 Å². The largest absolute Gasteiger partial charge is 0.394 e. The van der Waals surface area contributed by atoms with E-state index in [9.17, 15) is 20.1 Å². The molecule has 0 aromatic carbocycles. The Labute approximate surface area is 150 Å². The second-order valence-corrected chi connectivity index (χ2v) is 8.93. The molecule has 25 heavy (non-hydrogen) atoms. The van der Waals surface area contributed by atoms with Gasteiger partial charge in [0.25, 0.3) is 0 Å². The zero-order chi connectivity index (χ0) is 18.5. The van der Waals surface area contributed by atoms with E-state index in [1.54, 1.807) is 0 Å². The zero-order valence-corrected chi connectivity index (χ0v) is 15.6. The number of allylic oxidation sites excluding steroid dienone is 2. The lowest BCUT2D eigenvalue weighted by Crippen LogP contribution is -2.54. The van der Waals surface area contributed by atoms with Crippen molar-refractivity contribution >= 4 is 6.29 Å². The Morgan fingerprint density at radius 1 is 1.32 bits per heavy atom. The van der Waals surface area contributed by atoms with Crippen molar-refractivity contribution in [2.75, 3.05) is 13.2 Å². The molecule has 3 aliphatic rings. The molecule has 2 fully saturated rings. The van der Waals surface area contributed by atoms with Crippen LogP contribution in [0.4, 0.5) is 0 Å². The summed E-state index contributed by atoms with van der Waals surface area (Å²) >= 11 is 0. The van der Waals surface area contributed by atoms with Crippen molar-refractivity contribution in [1.29, 1.82) is 0 Å². The highest BCUT2D eigenvalue weighted by atomic mass is 16.6. The number of hydrogen-bond acceptors (Lipinski definition) is 5. The van der Waals surface area contributed by atoms with Crippen molar-refractivity contribution in [2.45, 2.75) is 70.7 Å². The maximum Gasteiger partial charge on any atom is 0.146 e. The second kappa shape index (κ2) is 6.45. The van der Waals surface area contributed by atoms with Crippen LogP contribution in [0.5, 0.6) is 0 Å². The molecular formula is C20H32O5. The maximum atomic E-state index is 11.6. The summed E-state index contributed by atoms with van der Waals surface area (Å²) in [5, 5.41) is 30.3. The quantitative estimate of drug-likeness (QED) is 0.501. The molecule has 0 radical (unpaired) electrons. The summed E-state index contributed by atoms with van der Waals surface area (Å²) in [7, 11) is 0. The summed E-state index contributed by atoms with van der Waals surface area (Å²) in [5.74, 6) is 0.721. The van der Waals surface area contributed by atoms with E-state index in [2.05, 4.69) is 26.8 Å². The Balaban J connectivity index is 1.88. The minimum atomic E-state index is -1.06. The summed E-state index contributed by atoms with van der Waals surface area (Å²) in [6.07, 6.45) is 5.64. The van der Waals surface area contributed by atoms with E-state index in [1.165, 1.54) is 0 Å². The smallest absolute Gasteiger partial charge is 0.146 e. The Morgan fingerprint density at radius 3 is 2.56 bits per heavy atom. The van der Waals surface area contributed by atoms with E-state index in [0.29, 0.717) is 18.3 Å². The average Bonchev–Trinajstić information content (AvgIpc) is 3.39. The van der Waals surface area contributed by atoms with Gasteiger partial charge in [-0.3, -0.25) is 4.79 Å². The lowest BCUT2D eigenvalue weighted by molar-refractivity contribution is -0.114. The van der Waals surface area contributed by atoms with Gasteiger partial charge < -0.3 is 20.1 Å². The molecular weight excluding hydrogens is 320 g/mol. The molecule has 3 N–H and O–H groups in total. The van der Waals surface area contributed by atoms with Crippen LogP contribution in [0, 0.1) is 22.7 Å². The molecule has 0 aromatic rings. The number of aliphatic hydroxyl groups excluding tert-OH is 3. The van der Waals surface area contributed by atoms with Crippen molar-refractivity contribution < 1.29 is 24.9 Å². The molecule has 0 aromatic heterocycles. The van der Waals surface area contributed by atoms with Crippen LogP contribution in [-0.2, 0) is 9.53 Å². The molecule has 7 unspecified atom stereocenters. The Kier molecular flexibility index (Phi) is 4.91. The number of carbonyl (C=O) groups is 1. The van der Waals surface area contributed by atoms with E-state index >= 15 is 0 Å². The first-order valence-electron chi connectivity index (χ1n) is 9.51.